The van der Waals surface area contributed by atoms with Gasteiger partial charge >= 0.3 is 6.03 Å². The van der Waals surface area contributed by atoms with Crippen molar-refractivity contribution < 1.29 is 9.59 Å². The van der Waals surface area contributed by atoms with Gasteiger partial charge in [0.2, 0.25) is 0 Å². The average Bonchev–Trinajstić information content (AvgIpc) is 2.64. The third-order valence-corrected chi connectivity index (χ3v) is 4.20. The standard InChI is InChI=1S/C11H16N4O2S.ClH/c1-2-15-4-3-6-7(5-15)18-10(14-11(13)17)8(6)9(12)16;/h2-5H2,1H3,(H2,12,16)(H3,13,14,17);1H. The molecular formula is C11H17ClN4O2S. The van der Waals surface area contributed by atoms with Crippen molar-refractivity contribution in [2.75, 3.05) is 18.4 Å². The van der Waals surface area contributed by atoms with Gasteiger partial charge in [-0.3, -0.25) is 15.0 Å². The Labute approximate surface area is 121 Å². The van der Waals surface area contributed by atoms with E-state index in [1.165, 1.54) is 11.3 Å². The van der Waals surface area contributed by atoms with Gasteiger partial charge in [0.25, 0.3) is 5.91 Å². The number of amides is 3. The molecule has 0 fully saturated rings. The molecule has 1 aliphatic heterocycles. The quantitative estimate of drug-likeness (QED) is 0.780. The number of anilines is 1. The van der Waals surface area contributed by atoms with Crippen molar-refractivity contribution in [2.45, 2.75) is 19.9 Å². The van der Waals surface area contributed by atoms with Gasteiger partial charge in [0.1, 0.15) is 5.00 Å². The minimum atomic E-state index is -0.677. The molecule has 1 aliphatic rings. The van der Waals surface area contributed by atoms with Gasteiger partial charge < -0.3 is 11.5 Å². The number of nitrogens with zero attached hydrogens (tertiary/aromatic N) is 1. The Bertz CT molecular complexity index is 503. The summed E-state index contributed by atoms with van der Waals surface area (Å²) >= 11 is 1.38. The maximum atomic E-state index is 11.5. The second-order valence-corrected chi connectivity index (χ2v) is 5.29. The number of urea groups is 1. The van der Waals surface area contributed by atoms with Gasteiger partial charge in [-0.15, -0.1) is 23.7 Å². The topological polar surface area (TPSA) is 101 Å². The predicted octanol–water partition coefficient (Wildman–Crippen LogP) is 1.14. The maximum absolute atomic E-state index is 11.5. The highest BCUT2D eigenvalue weighted by Crippen LogP contribution is 2.36. The van der Waals surface area contributed by atoms with Gasteiger partial charge in [-0.05, 0) is 18.5 Å². The summed E-state index contributed by atoms with van der Waals surface area (Å²) in [6.07, 6.45) is 0.776. The van der Waals surface area contributed by atoms with Crippen molar-refractivity contribution in [1.82, 2.24) is 4.90 Å². The number of halogens is 1. The van der Waals surface area contributed by atoms with Crippen molar-refractivity contribution in [3.8, 4) is 0 Å². The van der Waals surface area contributed by atoms with Crippen LogP contribution in [0.15, 0.2) is 0 Å². The Morgan fingerprint density at radius 2 is 2.11 bits per heavy atom. The van der Waals surface area contributed by atoms with Crippen LogP contribution < -0.4 is 16.8 Å². The monoisotopic (exact) mass is 304 g/mol. The summed E-state index contributed by atoms with van der Waals surface area (Å²) in [6, 6.07) is -0.677. The SMILES string of the molecule is CCN1CCc2c(sc(NC(N)=O)c2C(N)=O)C1.Cl. The second-order valence-electron chi connectivity index (χ2n) is 4.18. The number of nitrogens with one attached hydrogen (secondary N) is 1. The van der Waals surface area contributed by atoms with Gasteiger partial charge in [-0.1, -0.05) is 6.92 Å². The average molecular weight is 305 g/mol. The first-order valence-electron chi connectivity index (χ1n) is 5.76. The second kappa shape index (κ2) is 6.23. The lowest BCUT2D eigenvalue weighted by Gasteiger charge is -2.25. The molecule has 0 unspecified atom stereocenters. The summed E-state index contributed by atoms with van der Waals surface area (Å²) in [5.41, 5.74) is 11.9. The summed E-state index contributed by atoms with van der Waals surface area (Å²) in [5, 5.41) is 2.95. The van der Waals surface area contributed by atoms with Crippen molar-refractivity contribution in [3.63, 3.8) is 0 Å². The van der Waals surface area contributed by atoms with Gasteiger partial charge in [0.15, 0.2) is 0 Å². The van der Waals surface area contributed by atoms with Crippen molar-refractivity contribution in [3.05, 3.63) is 16.0 Å². The van der Waals surface area contributed by atoms with E-state index in [1.807, 2.05) is 0 Å². The highest BCUT2D eigenvalue weighted by molar-refractivity contribution is 7.17. The first-order chi connectivity index (χ1) is 8.52. The third-order valence-electron chi connectivity index (χ3n) is 3.07. The lowest BCUT2D eigenvalue weighted by molar-refractivity contribution is 0.1000. The molecule has 2 heterocycles. The summed E-state index contributed by atoms with van der Waals surface area (Å²) < 4.78 is 0. The summed E-state index contributed by atoms with van der Waals surface area (Å²) in [6.45, 7) is 4.74. The first-order valence-corrected chi connectivity index (χ1v) is 6.57. The predicted molar refractivity (Wildman–Crippen MR) is 77.9 cm³/mol. The van der Waals surface area contributed by atoms with Crippen LogP contribution in [0.2, 0.25) is 0 Å². The fourth-order valence-corrected chi connectivity index (χ4v) is 3.49. The minimum Gasteiger partial charge on any atom is -0.365 e. The number of hydrogen-bond donors (Lipinski definition) is 3. The van der Waals surface area contributed by atoms with Crippen molar-refractivity contribution >= 4 is 40.7 Å². The van der Waals surface area contributed by atoms with Crippen LogP contribution in [0.3, 0.4) is 0 Å². The number of rotatable bonds is 3. The first kappa shape index (κ1) is 15.7. The Morgan fingerprint density at radius 1 is 1.42 bits per heavy atom. The van der Waals surface area contributed by atoms with E-state index in [4.69, 9.17) is 11.5 Å². The summed E-state index contributed by atoms with van der Waals surface area (Å²) in [4.78, 5) is 25.8. The number of likely N-dealkylation sites (N-methyl/N-ethyl adjacent to an activating group) is 1. The fraction of sp³-hybridized carbons (Fsp3) is 0.455. The van der Waals surface area contributed by atoms with Crippen LogP contribution in [0.5, 0.6) is 0 Å². The van der Waals surface area contributed by atoms with Crippen LogP contribution in [0.25, 0.3) is 0 Å². The smallest absolute Gasteiger partial charge is 0.317 e. The molecule has 0 saturated carbocycles. The van der Waals surface area contributed by atoms with Crippen molar-refractivity contribution in [1.29, 1.82) is 0 Å². The minimum absolute atomic E-state index is 0. The third kappa shape index (κ3) is 3.17. The van der Waals surface area contributed by atoms with E-state index in [9.17, 15) is 9.59 Å². The van der Waals surface area contributed by atoms with Gasteiger partial charge in [0, 0.05) is 18.0 Å². The molecule has 19 heavy (non-hydrogen) atoms. The molecule has 0 saturated heterocycles. The molecule has 8 heteroatoms. The molecule has 0 spiro atoms. The highest BCUT2D eigenvalue weighted by atomic mass is 35.5. The molecule has 2 rings (SSSR count). The van der Waals surface area contributed by atoms with E-state index < -0.39 is 11.9 Å². The zero-order valence-electron chi connectivity index (χ0n) is 10.6. The van der Waals surface area contributed by atoms with E-state index in [2.05, 4.69) is 17.1 Å². The molecular weight excluding hydrogens is 288 g/mol. The largest absolute Gasteiger partial charge is 0.365 e. The molecule has 1 aromatic rings. The zero-order valence-corrected chi connectivity index (χ0v) is 12.2. The number of nitrogens with two attached hydrogens (primary N) is 2. The number of thiophene rings is 1. The van der Waals surface area contributed by atoms with Crippen LogP contribution in [0.1, 0.15) is 27.7 Å². The number of hydrogen-bond acceptors (Lipinski definition) is 4. The normalized spacial score (nSPS) is 14.4. The molecule has 106 valence electrons. The summed E-state index contributed by atoms with van der Waals surface area (Å²) in [5.74, 6) is -0.513. The molecule has 0 aromatic carbocycles. The van der Waals surface area contributed by atoms with Crippen LogP contribution in [0.4, 0.5) is 9.80 Å². The van der Waals surface area contributed by atoms with E-state index in [-0.39, 0.29) is 12.4 Å². The number of carbonyl (C=O) groups excluding carboxylic acids is 2. The Morgan fingerprint density at radius 3 is 2.63 bits per heavy atom. The van der Waals surface area contributed by atoms with Gasteiger partial charge in [-0.2, -0.15) is 0 Å². The molecule has 5 N–H and O–H groups in total. The van der Waals surface area contributed by atoms with E-state index in [0.717, 1.165) is 36.5 Å². The Kier molecular flexibility index (Phi) is 5.16. The molecule has 3 amide bonds. The Hall–Kier alpha value is -1.31. The van der Waals surface area contributed by atoms with E-state index in [1.54, 1.807) is 0 Å². The molecule has 0 atom stereocenters. The highest BCUT2D eigenvalue weighted by Gasteiger charge is 2.26. The Balaban J connectivity index is 0.00000180. The van der Waals surface area contributed by atoms with Crippen LogP contribution in [0, 0.1) is 0 Å². The summed E-state index contributed by atoms with van der Waals surface area (Å²) in [7, 11) is 0. The van der Waals surface area contributed by atoms with Gasteiger partial charge in [-0.25, -0.2) is 4.79 Å². The lowest BCUT2D eigenvalue weighted by atomic mass is 10.0. The molecule has 0 bridgehead atoms. The van der Waals surface area contributed by atoms with Crippen LogP contribution in [-0.2, 0) is 13.0 Å². The molecule has 0 aliphatic carbocycles. The number of primary amides is 2. The van der Waals surface area contributed by atoms with Crippen LogP contribution in [-0.4, -0.2) is 29.9 Å². The number of carbonyl (C=O) groups is 2. The molecule has 1 aromatic heterocycles. The zero-order chi connectivity index (χ0) is 13.3. The molecule has 6 nitrogen and oxygen atoms in total. The lowest BCUT2D eigenvalue weighted by Crippen LogP contribution is -2.30. The van der Waals surface area contributed by atoms with E-state index >= 15 is 0 Å². The van der Waals surface area contributed by atoms with E-state index in [0.29, 0.717) is 10.6 Å². The van der Waals surface area contributed by atoms with Crippen LogP contribution >= 0.6 is 23.7 Å². The van der Waals surface area contributed by atoms with Gasteiger partial charge in [0.05, 0.1) is 5.56 Å². The fourth-order valence-electron chi connectivity index (χ4n) is 2.19. The number of fused-ring (bicyclic) bond motifs is 1. The maximum Gasteiger partial charge on any atom is 0.317 e. The molecule has 0 radical (unpaired) electrons. The van der Waals surface area contributed by atoms with Crippen molar-refractivity contribution in [2.24, 2.45) is 11.5 Å².